The second-order valence-electron chi connectivity index (χ2n) is 4.59. The molecule has 2 rings (SSSR count). The van der Waals surface area contributed by atoms with Crippen molar-refractivity contribution in [2.45, 2.75) is 24.3 Å². The van der Waals surface area contributed by atoms with Gasteiger partial charge in [0.05, 0.1) is 4.90 Å². The molecule has 0 aliphatic rings. The van der Waals surface area contributed by atoms with Gasteiger partial charge < -0.3 is 0 Å². The van der Waals surface area contributed by atoms with Crippen LogP contribution in [0.3, 0.4) is 0 Å². The van der Waals surface area contributed by atoms with Crippen LogP contribution in [-0.2, 0) is 10.0 Å². The molecule has 0 fully saturated rings. The van der Waals surface area contributed by atoms with Crippen LogP contribution < -0.4 is 4.72 Å². The predicted molar refractivity (Wildman–Crippen MR) is 81.2 cm³/mol. The van der Waals surface area contributed by atoms with E-state index in [0.29, 0.717) is 11.4 Å². The van der Waals surface area contributed by atoms with Gasteiger partial charge in [-0.3, -0.25) is 0 Å². The number of hydrogen-bond acceptors (Lipinski definition) is 2. The van der Waals surface area contributed by atoms with Crippen molar-refractivity contribution in [1.29, 1.82) is 0 Å². The highest BCUT2D eigenvalue weighted by atomic mass is 35.5. The summed E-state index contributed by atoms with van der Waals surface area (Å²) in [7, 11) is -3.70. The molecule has 0 radical (unpaired) electrons. The van der Waals surface area contributed by atoms with Gasteiger partial charge in [0.1, 0.15) is 5.82 Å². The van der Waals surface area contributed by atoms with Gasteiger partial charge in [-0.2, -0.15) is 0 Å². The molecule has 0 amide bonds. The van der Waals surface area contributed by atoms with Crippen LogP contribution in [0.25, 0.3) is 0 Å². The zero-order chi connectivity index (χ0) is 15.5. The van der Waals surface area contributed by atoms with E-state index in [9.17, 15) is 12.8 Å². The summed E-state index contributed by atoms with van der Waals surface area (Å²) in [4.78, 5) is 0.0383. The van der Waals surface area contributed by atoms with E-state index in [1.807, 2.05) is 6.92 Å². The Bertz CT molecular complexity index is 699. The minimum atomic E-state index is -3.70. The second kappa shape index (κ2) is 6.56. The Morgan fingerprint density at radius 1 is 1.10 bits per heavy atom. The fourth-order valence-electron chi connectivity index (χ4n) is 1.95. The Hall–Kier alpha value is -1.43. The van der Waals surface area contributed by atoms with Gasteiger partial charge in [-0.05, 0) is 48.4 Å². The number of sulfonamides is 1. The topological polar surface area (TPSA) is 46.2 Å². The lowest BCUT2D eigenvalue weighted by Gasteiger charge is -2.17. The van der Waals surface area contributed by atoms with Gasteiger partial charge >= 0.3 is 0 Å². The maximum absolute atomic E-state index is 12.9. The second-order valence-corrected chi connectivity index (χ2v) is 6.74. The molecule has 0 saturated heterocycles. The highest BCUT2D eigenvalue weighted by Gasteiger charge is 2.20. The molecule has 1 N–H and O–H groups in total. The molecule has 2 aromatic rings. The van der Waals surface area contributed by atoms with E-state index in [4.69, 9.17) is 11.6 Å². The van der Waals surface area contributed by atoms with Crippen LogP contribution in [0.2, 0.25) is 5.02 Å². The molecule has 6 heteroatoms. The first-order valence-corrected chi connectivity index (χ1v) is 8.32. The summed E-state index contributed by atoms with van der Waals surface area (Å²) in [5.74, 6) is -0.473. The lowest BCUT2D eigenvalue weighted by Crippen LogP contribution is -2.28. The number of nitrogens with one attached hydrogen (secondary N) is 1. The number of hydrogen-bond donors (Lipinski definition) is 1. The summed E-state index contributed by atoms with van der Waals surface area (Å²) in [6.45, 7) is 1.88. The molecule has 21 heavy (non-hydrogen) atoms. The molecule has 0 aliphatic heterocycles. The van der Waals surface area contributed by atoms with Gasteiger partial charge in [0.15, 0.2) is 0 Å². The normalized spacial score (nSPS) is 13.1. The average molecular weight is 328 g/mol. The summed E-state index contributed by atoms with van der Waals surface area (Å²) in [5.41, 5.74) is 0.826. The quantitative estimate of drug-likeness (QED) is 0.905. The zero-order valence-corrected chi connectivity index (χ0v) is 13.0. The fraction of sp³-hybridized carbons (Fsp3) is 0.200. The van der Waals surface area contributed by atoms with E-state index >= 15 is 0 Å². The summed E-state index contributed by atoms with van der Waals surface area (Å²) in [5, 5.41) is 0.593. The van der Waals surface area contributed by atoms with Crippen LogP contribution in [0.4, 0.5) is 4.39 Å². The van der Waals surface area contributed by atoms with Crippen LogP contribution >= 0.6 is 11.6 Å². The molecule has 1 unspecified atom stereocenters. The minimum Gasteiger partial charge on any atom is -0.207 e. The predicted octanol–water partition coefficient (Wildman–Crippen LogP) is 3.91. The van der Waals surface area contributed by atoms with Crippen LogP contribution in [0, 0.1) is 5.82 Å². The first kappa shape index (κ1) is 15.9. The van der Waals surface area contributed by atoms with Crippen molar-refractivity contribution in [3.8, 4) is 0 Å². The Kier molecular flexibility index (Phi) is 4.98. The Morgan fingerprint density at radius 2 is 1.67 bits per heavy atom. The van der Waals surface area contributed by atoms with Crippen molar-refractivity contribution < 1.29 is 12.8 Å². The van der Waals surface area contributed by atoms with E-state index in [1.165, 1.54) is 12.1 Å². The molecule has 0 aliphatic carbocycles. The molecular formula is C15H15ClFNO2S. The van der Waals surface area contributed by atoms with E-state index in [1.54, 1.807) is 24.3 Å². The molecule has 0 spiro atoms. The first-order chi connectivity index (χ1) is 9.92. The van der Waals surface area contributed by atoms with E-state index in [-0.39, 0.29) is 10.9 Å². The third-order valence-corrected chi connectivity index (χ3v) is 4.84. The fourth-order valence-corrected chi connectivity index (χ4v) is 3.39. The van der Waals surface area contributed by atoms with Gasteiger partial charge in [0.2, 0.25) is 10.0 Å². The standard InChI is InChI=1S/C15H15ClFNO2S/c1-2-15(11-3-5-12(16)6-4-11)18-21(19,20)14-9-7-13(17)8-10-14/h3-10,15,18H,2H2,1H3. The number of benzene rings is 2. The molecule has 0 heterocycles. The van der Waals surface area contributed by atoms with E-state index < -0.39 is 15.8 Å². The molecule has 0 aromatic heterocycles. The summed E-state index contributed by atoms with van der Waals surface area (Å²) < 4.78 is 40.1. The maximum atomic E-state index is 12.9. The first-order valence-electron chi connectivity index (χ1n) is 6.45. The highest BCUT2D eigenvalue weighted by Crippen LogP contribution is 2.22. The van der Waals surface area contributed by atoms with Crippen molar-refractivity contribution in [3.63, 3.8) is 0 Å². The Labute approximate surface area is 128 Å². The van der Waals surface area contributed by atoms with Crippen molar-refractivity contribution in [2.75, 3.05) is 0 Å². The third-order valence-electron chi connectivity index (χ3n) is 3.10. The number of rotatable bonds is 5. The van der Waals surface area contributed by atoms with Crippen LogP contribution in [0.15, 0.2) is 53.4 Å². The van der Waals surface area contributed by atoms with Crippen LogP contribution in [-0.4, -0.2) is 8.42 Å². The average Bonchev–Trinajstić information content (AvgIpc) is 2.46. The molecule has 0 saturated carbocycles. The van der Waals surface area contributed by atoms with Gasteiger partial charge in [0, 0.05) is 11.1 Å². The molecule has 1 atom stereocenters. The lowest BCUT2D eigenvalue weighted by atomic mass is 10.1. The highest BCUT2D eigenvalue weighted by molar-refractivity contribution is 7.89. The van der Waals surface area contributed by atoms with Crippen LogP contribution in [0.5, 0.6) is 0 Å². The SMILES string of the molecule is CCC(NS(=O)(=O)c1ccc(F)cc1)c1ccc(Cl)cc1. The summed E-state index contributed by atoms with van der Waals surface area (Å²) in [6, 6.07) is 11.4. The smallest absolute Gasteiger partial charge is 0.207 e. The van der Waals surface area contributed by atoms with Crippen molar-refractivity contribution in [1.82, 2.24) is 4.72 Å². The molecule has 112 valence electrons. The Morgan fingerprint density at radius 3 is 2.19 bits per heavy atom. The van der Waals surface area contributed by atoms with E-state index in [0.717, 1.165) is 17.7 Å². The van der Waals surface area contributed by atoms with Crippen molar-refractivity contribution >= 4 is 21.6 Å². The Balaban J connectivity index is 2.24. The summed E-state index contributed by atoms with van der Waals surface area (Å²) in [6.07, 6.45) is 0.585. The zero-order valence-electron chi connectivity index (χ0n) is 11.4. The summed E-state index contributed by atoms with van der Waals surface area (Å²) >= 11 is 5.83. The number of halogens is 2. The maximum Gasteiger partial charge on any atom is 0.241 e. The van der Waals surface area contributed by atoms with Crippen molar-refractivity contribution in [3.05, 3.63) is 64.9 Å². The largest absolute Gasteiger partial charge is 0.241 e. The lowest BCUT2D eigenvalue weighted by molar-refractivity contribution is 0.549. The van der Waals surface area contributed by atoms with Crippen molar-refractivity contribution in [2.24, 2.45) is 0 Å². The minimum absolute atomic E-state index is 0.0383. The molecule has 3 nitrogen and oxygen atoms in total. The van der Waals surface area contributed by atoms with E-state index in [2.05, 4.69) is 4.72 Å². The van der Waals surface area contributed by atoms with Gasteiger partial charge in [-0.15, -0.1) is 0 Å². The monoisotopic (exact) mass is 327 g/mol. The molecule has 2 aromatic carbocycles. The molecular weight excluding hydrogens is 313 g/mol. The molecule has 0 bridgehead atoms. The van der Waals surface area contributed by atoms with Crippen LogP contribution in [0.1, 0.15) is 24.9 Å². The van der Waals surface area contributed by atoms with Gasteiger partial charge in [-0.1, -0.05) is 30.7 Å². The van der Waals surface area contributed by atoms with Gasteiger partial charge in [0.25, 0.3) is 0 Å². The third kappa shape index (κ3) is 4.03. The van der Waals surface area contributed by atoms with Gasteiger partial charge in [-0.25, -0.2) is 17.5 Å².